The number of aromatic nitrogens is 3. The quantitative estimate of drug-likeness (QED) is 0.747. The van der Waals surface area contributed by atoms with Crippen molar-refractivity contribution in [3.63, 3.8) is 0 Å². The lowest BCUT2D eigenvalue weighted by Gasteiger charge is -2.15. The highest BCUT2D eigenvalue weighted by Gasteiger charge is 2.23. The summed E-state index contributed by atoms with van der Waals surface area (Å²) in [7, 11) is 3.89. The van der Waals surface area contributed by atoms with Gasteiger partial charge in [0.2, 0.25) is 5.69 Å². The van der Waals surface area contributed by atoms with Crippen molar-refractivity contribution in [3.05, 3.63) is 24.2 Å². The van der Waals surface area contributed by atoms with E-state index >= 15 is 0 Å². The maximum absolute atomic E-state index is 9.24. The molecule has 2 aromatic heterocycles. The van der Waals surface area contributed by atoms with Crippen molar-refractivity contribution in [1.29, 1.82) is 5.26 Å². The van der Waals surface area contributed by atoms with E-state index in [2.05, 4.69) is 46.8 Å². The SMILES string of the molecule is CNc1cc(Nc2cnc(C#N)c(OC3CCN(C)C3)n2)nc[c]1[Al]. The molecule has 0 spiro atoms. The highest BCUT2D eigenvalue weighted by atomic mass is 27.0. The smallest absolute Gasteiger partial charge is 0.253 e. The van der Waals surface area contributed by atoms with Crippen LogP contribution in [-0.2, 0) is 0 Å². The molecule has 0 saturated carbocycles. The third kappa shape index (κ3) is 4.18. The van der Waals surface area contributed by atoms with Gasteiger partial charge in [-0.2, -0.15) is 10.2 Å². The van der Waals surface area contributed by atoms with Crippen molar-refractivity contribution in [2.24, 2.45) is 0 Å². The summed E-state index contributed by atoms with van der Waals surface area (Å²) in [6.07, 6.45) is 4.17. The molecule has 0 amide bonds. The molecule has 2 radical (unpaired) electrons. The van der Waals surface area contributed by atoms with Crippen LogP contribution in [0.15, 0.2) is 18.5 Å². The van der Waals surface area contributed by atoms with Gasteiger partial charge in [0, 0.05) is 38.1 Å². The lowest BCUT2D eigenvalue weighted by Crippen LogP contribution is -2.22. The first-order chi connectivity index (χ1) is 12.1. The first kappa shape index (κ1) is 17.4. The molecule has 2 N–H and O–H groups in total. The van der Waals surface area contributed by atoms with Crippen LogP contribution in [0.4, 0.5) is 17.3 Å². The molecular weight excluding hydrogens is 333 g/mol. The molecule has 1 fully saturated rings. The lowest BCUT2D eigenvalue weighted by atomic mass is 10.3. The summed E-state index contributed by atoms with van der Waals surface area (Å²) < 4.78 is 6.86. The van der Waals surface area contributed by atoms with Crippen LogP contribution < -0.4 is 19.8 Å². The third-order valence-corrected chi connectivity index (χ3v) is 4.39. The monoisotopic (exact) mass is 351 g/mol. The highest BCUT2D eigenvalue weighted by Crippen LogP contribution is 2.22. The van der Waals surface area contributed by atoms with E-state index in [0.29, 0.717) is 11.6 Å². The maximum atomic E-state index is 9.24. The summed E-state index contributed by atoms with van der Waals surface area (Å²) in [6.45, 7) is 1.78. The molecule has 1 aliphatic heterocycles. The molecular formula is C16H18AlN7O. The molecule has 3 rings (SSSR count). The van der Waals surface area contributed by atoms with Gasteiger partial charge in [-0.15, -0.1) is 0 Å². The number of nitrogens with one attached hydrogen (secondary N) is 2. The number of anilines is 3. The summed E-state index contributed by atoms with van der Waals surface area (Å²) in [5, 5.41) is 15.4. The van der Waals surface area contributed by atoms with Gasteiger partial charge in [-0.25, -0.2) is 9.97 Å². The number of nitriles is 1. The van der Waals surface area contributed by atoms with E-state index in [-0.39, 0.29) is 17.7 Å². The van der Waals surface area contributed by atoms with Gasteiger partial charge < -0.3 is 20.3 Å². The minimum atomic E-state index is 0.0204. The number of hydrogen-bond donors (Lipinski definition) is 2. The fraction of sp³-hybridized carbons (Fsp3) is 0.375. The van der Waals surface area contributed by atoms with Gasteiger partial charge >= 0.3 is 0 Å². The predicted octanol–water partition coefficient (Wildman–Crippen LogP) is 0.405. The maximum Gasteiger partial charge on any atom is 0.253 e. The zero-order valence-electron chi connectivity index (χ0n) is 14.2. The Balaban J connectivity index is 1.80. The molecule has 1 saturated heterocycles. The largest absolute Gasteiger partial charge is 0.471 e. The Morgan fingerprint density at radius 1 is 1.36 bits per heavy atom. The van der Waals surface area contributed by atoms with Crippen molar-refractivity contribution in [1.82, 2.24) is 19.9 Å². The molecule has 1 atom stereocenters. The standard InChI is InChI=1S/C16H18N7O.Al/c1-18-11-3-5-19-14(7-11)21-15-9-20-13(8-17)16(22-15)24-12-4-6-23(2)10-12;/h5,7,9,12H,4,6,10H2,1-2H3,(H2,18,19,21,22);. The zero-order chi connectivity index (χ0) is 17.8. The Labute approximate surface area is 154 Å². The van der Waals surface area contributed by atoms with E-state index in [1.165, 1.54) is 6.20 Å². The van der Waals surface area contributed by atoms with Crippen LogP contribution in [0, 0.1) is 11.3 Å². The van der Waals surface area contributed by atoms with Gasteiger partial charge in [0.1, 0.15) is 18.0 Å². The highest BCUT2D eigenvalue weighted by molar-refractivity contribution is 6.35. The van der Waals surface area contributed by atoms with Gasteiger partial charge in [0.25, 0.3) is 5.88 Å². The molecule has 0 aliphatic carbocycles. The van der Waals surface area contributed by atoms with Crippen molar-refractivity contribution in [2.45, 2.75) is 12.5 Å². The van der Waals surface area contributed by atoms with Crippen molar-refractivity contribution >= 4 is 38.0 Å². The molecule has 1 unspecified atom stereocenters. The Morgan fingerprint density at radius 3 is 2.88 bits per heavy atom. The molecule has 0 bridgehead atoms. The molecule has 25 heavy (non-hydrogen) atoms. The average Bonchev–Trinajstić information content (AvgIpc) is 3.02. The first-order valence-corrected chi connectivity index (χ1v) is 8.49. The number of hydrogen-bond acceptors (Lipinski definition) is 8. The Morgan fingerprint density at radius 2 is 2.20 bits per heavy atom. The average molecular weight is 351 g/mol. The van der Waals surface area contributed by atoms with Gasteiger partial charge in [-0.1, -0.05) is 4.43 Å². The van der Waals surface area contributed by atoms with Crippen LogP contribution >= 0.6 is 0 Å². The van der Waals surface area contributed by atoms with E-state index < -0.39 is 0 Å². The fourth-order valence-corrected chi connectivity index (χ4v) is 2.92. The third-order valence-electron chi connectivity index (χ3n) is 3.93. The normalized spacial score (nSPS) is 17.1. The minimum absolute atomic E-state index is 0.0204. The van der Waals surface area contributed by atoms with Crippen LogP contribution in [0.1, 0.15) is 12.1 Å². The summed E-state index contributed by atoms with van der Waals surface area (Å²) in [4.78, 5) is 15.0. The minimum Gasteiger partial charge on any atom is -0.471 e. The topological polar surface area (TPSA) is 99.0 Å². The molecule has 2 aromatic rings. The number of rotatable bonds is 5. The summed E-state index contributed by atoms with van der Waals surface area (Å²) in [5.74, 6) is 1.36. The van der Waals surface area contributed by atoms with Gasteiger partial charge in [0.15, 0.2) is 22.1 Å². The Bertz CT molecular complexity index is 808. The molecule has 126 valence electrons. The van der Waals surface area contributed by atoms with Crippen molar-refractivity contribution in [2.75, 3.05) is 37.8 Å². The zero-order valence-corrected chi connectivity index (χ0v) is 15.3. The van der Waals surface area contributed by atoms with Crippen LogP contribution in [0.25, 0.3) is 0 Å². The second-order valence-corrected chi connectivity index (χ2v) is 6.47. The van der Waals surface area contributed by atoms with Gasteiger partial charge in [-0.05, 0) is 13.5 Å². The van der Waals surface area contributed by atoms with Crippen molar-refractivity contribution < 1.29 is 4.74 Å². The summed E-state index contributed by atoms with van der Waals surface area (Å²) >= 11 is 2.62. The number of nitrogens with zero attached hydrogens (tertiary/aromatic N) is 5. The van der Waals surface area contributed by atoms with E-state index in [1.807, 2.05) is 26.2 Å². The number of pyridine rings is 1. The molecule has 1 aliphatic rings. The number of likely N-dealkylation sites (N-methyl/N-ethyl adjacent to an activating group) is 1. The Hall–Kier alpha value is -2.39. The second kappa shape index (κ2) is 7.66. The Kier molecular flexibility index (Phi) is 5.35. The van der Waals surface area contributed by atoms with Crippen LogP contribution in [0.5, 0.6) is 5.88 Å². The van der Waals surface area contributed by atoms with E-state index in [9.17, 15) is 5.26 Å². The summed E-state index contributed by atoms with van der Waals surface area (Å²) in [6, 6.07) is 3.90. The molecule has 0 aromatic carbocycles. The van der Waals surface area contributed by atoms with E-state index in [0.717, 1.165) is 29.6 Å². The van der Waals surface area contributed by atoms with Gasteiger partial charge in [-0.3, -0.25) is 0 Å². The van der Waals surface area contributed by atoms with Crippen molar-refractivity contribution in [3.8, 4) is 11.9 Å². The molecule has 8 nitrogen and oxygen atoms in total. The van der Waals surface area contributed by atoms with Crippen LogP contribution in [0.3, 0.4) is 0 Å². The van der Waals surface area contributed by atoms with E-state index in [4.69, 9.17) is 4.74 Å². The van der Waals surface area contributed by atoms with Crippen LogP contribution in [-0.4, -0.2) is 69.4 Å². The molecule has 9 heteroatoms. The molecule has 3 heterocycles. The number of ether oxygens (including phenoxy) is 1. The van der Waals surface area contributed by atoms with E-state index in [1.54, 1.807) is 6.20 Å². The van der Waals surface area contributed by atoms with Crippen LogP contribution in [0.2, 0.25) is 0 Å². The predicted molar refractivity (Wildman–Crippen MR) is 95.7 cm³/mol. The fourth-order valence-electron chi connectivity index (χ4n) is 2.62. The summed E-state index contributed by atoms with van der Waals surface area (Å²) in [5.41, 5.74) is 1.12. The first-order valence-electron chi connectivity index (χ1n) is 7.91. The second-order valence-electron chi connectivity index (χ2n) is 5.84. The lowest BCUT2D eigenvalue weighted by molar-refractivity contribution is 0.199. The number of likely N-dealkylation sites (tertiary alicyclic amines) is 1. The van der Waals surface area contributed by atoms with Gasteiger partial charge in [0.05, 0.1) is 6.20 Å².